The maximum atomic E-state index is 12.0. The molecule has 0 saturated heterocycles. The number of hydrogen-bond acceptors (Lipinski definition) is 4. The van der Waals surface area contributed by atoms with Crippen molar-refractivity contribution in [3.63, 3.8) is 0 Å². The van der Waals surface area contributed by atoms with Gasteiger partial charge in [0.15, 0.2) is 0 Å². The van der Waals surface area contributed by atoms with Gasteiger partial charge >= 0.3 is 11.9 Å². The Hall–Kier alpha value is -3.15. The van der Waals surface area contributed by atoms with Gasteiger partial charge in [0.2, 0.25) is 0 Å². The number of hydrogen-bond donors (Lipinski definition) is 1. The lowest BCUT2D eigenvalue weighted by molar-refractivity contribution is -0.135. The maximum Gasteiger partial charge on any atom is 0.338 e. The number of aliphatic imine (C=N–C) groups is 1. The Morgan fingerprint density at radius 1 is 1.12 bits per heavy atom. The van der Waals surface area contributed by atoms with Gasteiger partial charge in [-0.3, -0.25) is 9.79 Å². The smallest absolute Gasteiger partial charge is 0.338 e. The molecule has 0 unspecified atom stereocenters. The minimum absolute atomic E-state index is 0.225. The Bertz CT molecular complexity index is 712. The summed E-state index contributed by atoms with van der Waals surface area (Å²) in [7, 11) is 1.74. The molecule has 124 valence electrons. The lowest BCUT2D eigenvalue weighted by atomic mass is 10.2. The number of carbonyl (C=O) groups is 2. The molecule has 2 aromatic carbocycles. The largest absolute Gasteiger partial charge is 0.480 e. The molecule has 0 spiro atoms. The average Bonchev–Trinajstić information content (AvgIpc) is 2.60. The Morgan fingerprint density at radius 3 is 2.42 bits per heavy atom. The SMILES string of the molecule is CN(C=NCC(=O)O)c1ccc(C(=O)OCc2ccccc2)cc1. The highest BCUT2D eigenvalue weighted by Gasteiger charge is 2.08. The first kappa shape index (κ1) is 17.2. The van der Waals surface area contributed by atoms with Crippen LogP contribution in [0.4, 0.5) is 5.69 Å². The molecule has 0 heterocycles. The van der Waals surface area contributed by atoms with E-state index in [0.717, 1.165) is 11.3 Å². The van der Waals surface area contributed by atoms with Crippen molar-refractivity contribution in [1.82, 2.24) is 0 Å². The fraction of sp³-hybridized carbons (Fsp3) is 0.167. The molecular formula is C18H18N2O4. The van der Waals surface area contributed by atoms with Gasteiger partial charge in [-0.2, -0.15) is 0 Å². The van der Waals surface area contributed by atoms with Gasteiger partial charge in [0.25, 0.3) is 0 Å². The predicted octanol–water partition coefficient (Wildman–Crippen LogP) is 2.59. The number of nitrogens with zero attached hydrogens (tertiary/aromatic N) is 2. The van der Waals surface area contributed by atoms with Crippen LogP contribution in [-0.4, -0.2) is 37.0 Å². The van der Waals surface area contributed by atoms with E-state index in [9.17, 15) is 9.59 Å². The third kappa shape index (κ3) is 5.24. The minimum atomic E-state index is -0.990. The molecule has 2 rings (SSSR count). The number of benzene rings is 2. The first-order valence-corrected chi connectivity index (χ1v) is 7.32. The van der Waals surface area contributed by atoms with E-state index in [1.54, 1.807) is 36.2 Å². The number of carboxylic acids is 1. The van der Waals surface area contributed by atoms with Crippen LogP contribution < -0.4 is 4.90 Å². The van der Waals surface area contributed by atoms with Crippen molar-refractivity contribution in [3.05, 3.63) is 65.7 Å². The van der Waals surface area contributed by atoms with E-state index in [0.29, 0.717) is 5.56 Å². The molecule has 0 amide bonds. The number of anilines is 1. The molecule has 0 aromatic heterocycles. The molecule has 1 N–H and O–H groups in total. The average molecular weight is 326 g/mol. The molecule has 0 radical (unpaired) electrons. The van der Waals surface area contributed by atoms with Gasteiger partial charge in [-0.05, 0) is 29.8 Å². The molecule has 6 nitrogen and oxygen atoms in total. The third-order valence-electron chi connectivity index (χ3n) is 3.20. The van der Waals surface area contributed by atoms with E-state index in [2.05, 4.69) is 4.99 Å². The number of ether oxygens (including phenoxy) is 1. The monoisotopic (exact) mass is 326 g/mol. The summed E-state index contributed by atoms with van der Waals surface area (Å²) in [6.07, 6.45) is 1.43. The summed E-state index contributed by atoms with van der Waals surface area (Å²) >= 11 is 0. The van der Waals surface area contributed by atoms with Crippen molar-refractivity contribution in [2.75, 3.05) is 18.5 Å². The molecule has 0 saturated carbocycles. The highest BCUT2D eigenvalue weighted by Crippen LogP contribution is 2.14. The first-order valence-electron chi connectivity index (χ1n) is 7.32. The molecule has 2 aromatic rings. The minimum Gasteiger partial charge on any atom is -0.480 e. The van der Waals surface area contributed by atoms with E-state index in [1.165, 1.54) is 6.34 Å². The van der Waals surface area contributed by atoms with Crippen LogP contribution in [0.5, 0.6) is 0 Å². The van der Waals surface area contributed by atoms with E-state index in [-0.39, 0.29) is 13.2 Å². The summed E-state index contributed by atoms with van der Waals surface area (Å²) in [5.74, 6) is -1.39. The Kier molecular flexibility index (Phi) is 6.08. The van der Waals surface area contributed by atoms with Crippen LogP contribution in [0.1, 0.15) is 15.9 Å². The number of esters is 1. The van der Waals surface area contributed by atoms with Crippen LogP contribution in [0.15, 0.2) is 59.6 Å². The summed E-state index contributed by atoms with van der Waals surface area (Å²) < 4.78 is 5.26. The summed E-state index contributed by atoms with van der Waals surface area (Å²) in [5, 5.41) is 8.54. The third-order valence-corrected chi connectivity index (χ3v) is 3.20. The Labute approximate surface area is 140 Å². The first-order chi connectivity index (χ1) is 11.6. The summed E-state index contributed by atoms with van der Waals surface area (Å²) in [5.41, 5.74) is 2.16. The van der Waals surface area contributed by atoms with Crippen molar-refractivity contribution in [3.8, 4) is 0 Å². The zero-order valence-corrected chi connectivity index (χ0v) is 13.3. The Morgan fingerprint density at radius 2 is 1.79 bits per heavy atom. The molecule has 6 heteroatoms. The van der Waals surface area contributed by atoms with Crippen LogP contribution in [0, 0.1) is 0 Å². The van der Waals surface area contributed by atoms with Gasteiger partial charge in [0.1, 0.15) is 13.2 Å². The van der Waals surface area contributed by atoms with E-state index >= 15 is 0 Å². The predicted molar refractivity (Wildman–Crippen MR) is 91.4 cm³/mol. The topological polar surface area (TPSA) is 79.2 Å². The van der Waals surface area contributed by atoms with Gasteiger partial charge in [-0.1, -0.05) is 30.3 Å². The van der Waals surface area contributed by atoms with E-state index < -0.39 is 11.9 Å². The highest BCUT2D eigenvalue weighted by atomic mass is 16.5. The number of carboxylic acid groups (broad SMARTS) is 1. The van der Waals surface area contributed by atoms with Crippen LogP contribution >= 0.6 is 0 Å². The van der Waals surface area contributed by atoms with Crippen LogP contribution in [-0.2, 0) is 16.1 Å². The fourth-order valence-corrected chi connectivity index (χ4v) is 1.95. The van der Waals surface area contributed by atoms with Crippen LogP contribution in [0.3, 0.4) is 0 Å². The summed E-state index contributed by atoms with van der Waals surface area (Å²) in [4.78, 5) is 27.9. The second kappa shape index (κ2) is 8.47. The second-order valence-corrected chi connectivity index (χ2v) is 5.07. The second-order valence-electron chi connectivity index (χ2n) is 5.07. The van der Waals surface area contributed by atoms with E-state index in [4.69, 9.17) is 9.84 Å². The van der Waals surface area contributed by atoms with Crippen molar-refractivity contribution in [1.29, 1.82) is 0 Å². The van der Waals surface area contributed by atoms with Gasteiger partial charge in [0.05, 0.1) is 11.9 Å². The molecule has 0 bridgehead atoms. The van der Waals surface area contributed by atoms with E-state index in [1.807, 2.05) is 30.3 Å². The fourth-order valence-electron chi connectivity index (χ4n) is 1.95. The maximum absolute atomic E-state index is 12.0. The van der Waals surface area contributed by atoms with Crippen molar-refractivity contribution in [2.45, 2.75) is 6.61 Å². The molecule has 0 fully saturated rings. The van der Waals surface area contributed by atoms with Crippen molar-refractivity contribution >= 4 is 24.0 Å². The normalized spacial score (nSPS) is 10.5. The van der Waals surface area contributed by atoms with Gasteiger partial charge in [-0.25, -0.2) is 4.79 Å². The molecule has 0 aliphatic rings. The number of carbonyl (C=O) groups excluding carboxylic acids is 1. The molecule has 24 heavy (non-hydrogen) atoms. The van der Waals surface area contributed by atoms with Gasteiger partial charge < -0.3 is 14.7 Å². The van der Waals surface area contributed by atoms with Gasteiger partial charge in [0, 0.05) is 12.7 Å². The molecule has 0 aliphatic carbocycles. The lowest BCUT2D eigenvalue weighted by Crippen LogP contribution is -2.15. The Balaban J connectivity index is 1.92. The quantitative estimate of drug-likeness (QED) is 0.481. The molecule has 0 aliphatic heterocycles. The molecular weight excluding hydrogens is 308 g/mol. The van der Waals surface area contributed by atoms with Crippen molar-refractivity contribution in [2.24, 2.45) is 4.99 Å². The zero-order chi connectivity index (χ0) is 17.4. The zero-order valence-electron chi connectivity index (χ0n) is 13.3. The lowest BCUT2D eigenvalue weighted by Gasteiger charge is -2.13. The number of aliphatic carboxylic acids is 1. The highest BCUT2D eigenvalue weighted by molar-refractivity contribution is 5.90. The van der Waals surface area contributed by atoms with Gasteiger partial charge in [-0.15, -0.1) is 0 Å². The van der Waals surface area contributed by atoms with Crippen LogP contribution in [0.2, 0.25) is 0 Å². The molecule has 0 atom stereocenters. The standard InChI is InChI=1S/C18H18N2O4/c1-20(13-19-11-17(21)22)16-9-7-15(8-10-16)18(23)24-12-14-5-3-2-4-6-14/h2-10,13H,11-12H2,1H3,(H,21,22). The summed E-state index contributed by atoms with van der Waals surface area (Å²) in [6, 6.07) is 16.3. The van der Waals surface area contributed by atoms with Crippen LogP contribution in [0.25, 0.3) is 0 Å². The number of rotatable bonds is 7. The summed E-state index contributed by atoms with van der Waals surface area (Å²) in [6.45, 7) is -0.0581. The van der Waals surface area contributed by atoms with Crippen molar-refractivity contribution < 1.29 is 19.4 Å².